The SMILES string of the molecule is CC(CC1CCCCC1)NCc1ccccc1NS(=O)(=O)c1ccc2nc(NC(=O)[C@H](C)N)sc2c1. The van der Waals surface area contributed by atoms with Gasteiger partial charge in [0.1, 0.15) is 0 Å². The van der Waals surface area contributed by atoms with E-state index in [-0.39, 0.29) is 10.8 Å². The minimum Gasteiger partial charge on any atom is -0.320 e. The van der Waals surface area contributed by atoms with Crippen molar-refractivity contribution in [2.75, 3.05) is 10.0 Å². The number of nitrogens with zero attached hydrogens (tertiary/aromatic N) is 1. The fourth-order valence-corrected chi connectivity index (χ4v) is 6.72. The van der Waals surface area contributed by atoms with Crippen molar-refractivity contribution >= 4 is 48.3 Å². The number of nitrogens with two attached hydrogens (primary N) is 1. The molecule has 1 saturated carbocycles. The monoisotopic (exact) mass is 529 g/mol. The Bertz CT molecular complexity index is 1300. The van der Waals surface area contributed by atoms with Gasteiger partial charge in [0, 0.05) is 12.6 Å². The summed E-state index contributed by atoms with van der Waals surface area (Å²) in [5.41, 5.74) is 7.66. The van der Waals surface area contributed by atoms with E-state index in [9.17, 15) is 13.2 Å². The molecule has 0 bridgehead atoms. The molecule has 8 nitrogen and oxygen atoms in total. The molecule has 1 heterocycles. The summed E-state index contributed by atoms with van der Waals surface area (Å²) in [5.74, 6) is 0.436. The third-order valence-electron chi connectivity index (χ3n) is 6.63. The van der Waals surface area contributed by atoms with Crippen LogP contribution in [0.25, 0.3) is 10.2 Å². The summed E-state index contributed by atoms with van der Waals surface area (Å²) in [6.07, 6.45) is 7.79. The third-order valence-corrected chi connectivity index (χ3v) is 8.92. The van der Waals surface area contributed by atoms with Crippen LogP contribution in [-0.4, -0.2) is 31.4 Å². The summed E-state index contributed by atoms with van der Waals surface area (Å²) >= 11 is 1.21. The van der Waals surface area contributed by atoms with Gasteiger partial charge in [-0.25, -0.2) is 13.4 Å². The first kappa shape index (κ1) is 26.5. The number of benzene rings is 2. The maximum Gasteiger partial charge on any atom is 0.261 e. The molecule has 1 unspecified atom stereocenters. The molecule has 2 atom stereocenters. The van der Waals surface area contributed by atoms with Crippen molar-refractivity contribution in [3.8, 4) is 0 Å². The van der Waals surface area contributed by atoms with E-state index in [0.717, 1.165) is 17.9 Å². The second-order valence-electron chi connectivity index (χ2n) is 9.71. The van der Waals surface area contributed by atoms with Crippen LogP contribution in [0.3, 0.4) is 0 Å². The Morgan fingerprint density at radius 2 is 1.89 bits per heavy atom. The highest BCUT2D eigenvalue weighted by atomic mass is 32.2. The first-order chi connectivity index (χ1) is 17.2. The van der Waals surface area contributed by atoms with E-state index < -0.39 is 16.1 Å². The Morgan fingerprint density at radius 3 is 2.64 bits per heavy atom. The molecule has 10 heteroatoms. The summed E-state index contributed by atoms with van der Waals surface area (Å²) < 4.78 is 29.9. The van der Waals surface area contributed by atoms with Crippen LogP contribution < -0.4 is 21.1 Å². The number of hydrogen-bond donors (Lipinski definition) is 4. The van der Waals surface area contributed by atoms with E-state index in [1.807, 2.05) is 18.2 Å². The number of para-hydroxylation sites is 1. The van der Waals surface area contributed by atoms with Crippen LogP contribution in [0.4, 0.5) is 10.8 Å². The van der Waals surface area contributed by atoms with E-state index >= 15 is 0 Å². The first-order valence-electron chi connectivity index (χ1n) is 12.5. The molecule has 3 aromatic rings. The topological polar surface area (TPSA) is 126 Å². The maximum atomic E-state index is 13.2. The summed E-state index contributed by atoms with van der Waals surface area (Å²) in [5, 5.41) is 6.62. The van der Waals surface area contributed by atoms with Crippen LogP contribution in [0.1, 0.15) is 57.9 Å². The van der Waals surface area contributed by atoms with E-state index in [1.165, 1.54) is 49.5 Å². The van der Waals surface area contributed by atoms with Crippen LogP contribution in [-0.2, 0) is 21.4 Å². The van der Waals surface area contributed by atoms with Gasteiger partial charge in [-0.15, -0.1) is 0 Å². The van der Waals surface area contributed by atoms with Gasteiger partial charge in [0.05, 0.1) is 26.8 Å². The Hall–Kier alpha value is -2.53. The fraction of sp³-hybridized carbons (Fsp3) is 0.462. The summed E-state index contributed by atoms with van der Waals surface area (Å²) in [7, 11) is -3.82. The lowest BCUT2D eigenvalue weighted by molar-refractivity contribution is -0.117. The van der Waals surface area contributed by atoms with Gasteiger partial charge in [-0.3, -0.25) is 9.52 Å². The Morgan fingerprint density at radius 1 is 1.14 bits per heavy atom. The molecule has 0 spiro atoms. The largest absolute Gasteiger partial charge is 0.320 e. The van der Waals surface area contributed by atoms with Gasteiger partial charge in [0.2, 0.25) is 5.91 Å². The number of carbonyl (C=O) groups excluding carboxylic acids is 1. The molecule has 0 aliphatic heterocycles. The number of sulfonamides is 1. The molecule has 1 aliphatic carbocycles. The summed E-state index contributed by atoms with van der Waals surface area (Å²) in [4.78, 5) is 16.3. The highest BCUT2D eigenvalue weighted by Crippen LogP contribution is 2.30. The molecule has 0 radical (unpaired) electrons. The maximum absolute atomic E-state index is 13.2. The highest BCUT2D eigenvalue weighted by Gasteiger charge is 2.20. The van der Waals surface area contributed by atoms with Crippen molar-refractivity contribution < 1.29 is 13.2 Å². The van der Waals surface area contributed by atoms with Gasteiger partial charge in [-0.1, -0.05) is 61.6 Å². The van der Waals surface area contributed by atoms with Gasteiger partial charge < -0.3 is 16.4 Å². The average Bonchev–Trinajstić information content (AvgIpc) is 3.25. The molecule has 36 heavy (non-hydrogen) atoms. The molecule has 1 amide bonds. The summed E-state index contributed by atoms with van der Waals surface area (Å²) in [6, 6.07) is 11.9. The number of carbonyl (C=O) groups is 1. The number of fused-ring (bicyclic) bond motifs is 1. The van der Waals surface area contributed by atoms with E-state index in [4.69, 9.17) is 5.73 Å². The molecular weight excluding hydrogens is 494 g/mol. The van der Waals surface area contributed by atoms with Crippen molar-refractivity contribution in [3.63, 3.8) is 0 Å². The second-order valence-corrected chi connectivity index (χ2v) is 12.4. The zero-order valence-corrected chi connectivity index (χ0v) is 22.4. The lowest BCUT2D eigenvalue weighted by Crippen LogP contribution is -2.32. The Balaban J connectivity index is 1.44. The predicted molar refractivity (Wildman–Crippen MR) is 147 cm³/mol. The van der Waals surface area contributed by atoms with Crippen molar-refractivity contribution in [1.29, 1.82) is 0 Å². The van der Waals surface area contributed by atoms with Crippen molar-refractivity contribution in [2.45, 2.75) is 75.9 Å². The predicted octanol–water partition coefficient (Wildman–Crippen LogP) is 4.83. The Kier molecular flexibility index (Phi) is 8.61. The highest BCUT2D eigenvalue weighted by molar-refractivity contribution is 7.92. The molecule has 5 N–H and O–H groups in total. The number of hydrogen-bond acceptors (Lipinski definition) is 7. The number of rotatable bonds is 10. The summed E-state index contributed by atoms with van der Waals surface area (Å²) in [6.45, 7) is 4.38. The van der Waals surface area contributed by atoms with Crippen molar-refractivity contribution in [3.05, 3.63) is 48.0 Å². The number of nitrogens with one attached hydrogen (secondary N) is 3. The van der Waals surface area contributed by atoms with E-state index in [2.05, 4.69) is 27.3 Å². The smallest absolute Gasteiger partial charge is 0.261 e. The molecule has 0 saturated heterocycles. The van der Waals surface area contributed by atoms with Crippen LogP contribution >= 0.6 is 11.3 Å². The third kappa shape index (κ3) is 6.82. The van der Waals surface area contributed by atoms with Crippen LogP contribution in [0.2, 0.25) is 0 Å². The number of anilines is 2. The molecule has 194 valence electrons. The van der Waals surface area contributed by atoms with Gasteiger partial charge in [-0.05, 0) is 56.0 Å². The Labute approximate surface area is 217 Å². The normalized spacial score (nSPS) is 16.5. The minimum absolute atomic E-state index is 0.136. The molecule has 1 aliphatic rings. The second kappa shape index (κ2) is 11.7. The minimum atomic E-state index is -3.82. The number of amides is 1. The van der Waals surface area contributed by atoms with E-state index in [0.29, 0.717) is 33.6 Å². The zero-order valence-electron chi connectivity index (χ0n) is 20.8. The quantitative estimate of drug-likeness (QED) is 0.298. The standard InChI is InChI=1S/C26H35N5O3S2/c1-17(14-19-8-4-3-5-9-19)28-16-20-10-6-7-11-22(20)31-36(33,34)21-12-13-23-24(15-21)35-26(29-23)30-25(32)18(2)27/h6-7,10-13,15,17-19,28,31H,3-5,8-9,14,16,27H2,1-2H3,(H,29,30,32)/t17?,18-/m0/s1. The number of aromatic nitrogens is 1. The average molecular weight is 530 g/mol. The van der Waals surface area contributed by atoms with E-state index in [1.54, 1.807) is 25.1 Å². The van der Waals surface area contributed by atoms with Gasteiger partial charge >= 0.3 is 0 Å². The van der Waals surface area contributed by atoms with Crippen molar-refractivity contribution in [1.82, 2.24) is 10.3 Å². The molecular formula is C26H35N5O3S2. The lowest BCUT2D eigenvalue weighted by atomic mass is 9.85. The van der Waals surface area contributed by atoms with Gasteiger partial charge in [-0.2, -0.15) is 0 Å². The molecule has 4 rings (SSSR count). The van der Waals surface area contributed by atoms with Crippen LogP contribution in [0.5, 0.6) is 0 Å². The molecule has 2 aromatic carbocycles. The first-order valence-corrected chi connectivity index (χ1v) is 14.8. The van der Waals surface area contributed by atoms with Crippen molar-refractivity contribution in [2.24, 2.45) is 11.7 Å². The molecule has 1 fully saturated rings. The van der Waals surface area contributed by atoms with Crippen LogP contribution in [0, 0.1) is 5.92 Å². The fourth-order valence-electron chi connectivity index (χ4n) is 4.61. The number of thiazole rings is 1. The van der Waals surface area contributed by atoms with Crippen LogP contribution in [0.15, 0.2) is 47.4 Å². The zero-order chi connectivity index (χ0) is 25.7. The molecule has 1 aromatic heterocycles. The van der Waals surface area contributed by atoms with Gasteiger partial charge in [0.15, 0.2) is 5.13 Å². The lowest BCUT2D eigenvalue weighted by Gasteiger charge is -2.25. The van der Waals surface area contributed by atoms with Gasteiger partial charge in [0.25, 0.3) is 10.0 Å².